The summed E-state index contributed by atoms with van der Waals surface area (Å²) in [6.45, 7) is 1.80. The zero-order valence-corrected chi connectivity index (χ0v) is 9.65. The van der Waals surface area contributed by atoms with E-state index in [4.69, 9.17) is 11.6 Å². The van der Waals surface area contributed by atoms with Crippen LogP contribution in [0.1, 0.15) is 6.04 Å². The lowest BCUT2D eigenvalue weighted by Crippen LogP contribution is -2.43. The highest BCUT2D eigenvalue weighted by Gasteiger charge is 2.20. The molecule has 0 saturated carbocycles. The molecular formula is C11H10ClFN4. The van der Waals surface area contributed by atoms with Crippen molar-refractivity contribution in [3.8, 4) is 11.3 Å². The second-order valence-corrected chi connectivity index (χ2v) is 4.43. The maximum atomic E-state index is 13.3. The van der Waals surface area contributed by atoms with Crippen LogP contribution >= 0.6 is 11.6 Å². The number of aromatic nitrogens is 3. The summed E-state index contributed by atoms with van der Waals surface area (Å²) in [7, 11) is 0. The van der Waals surface area contributed by atoms with Crippen LogP contribution in [0.15, 0.2) is 24.4 Å². The van der Waals surface area contributed by atoms with Crippen molar-refractivity contribution >= 4 is 11.6 Å². The zero-order valence-electron chi connectivity index (χ0n) is 8.90. The summed E-state index contributed by atoms with van der Waals surface area (Å²) in [5, 5.41) is 11.3. The second kappa shape index (κ2) is 4.09. The van der Waals surface area contributed by atoms with Gasteiger partial charge in [-0.25, -0.2) is 9.07 Å². The van der Waals surface area contributed by atoms with E-state index in [2.05, 4.69) is 15.6 Å². The summed E-state index contributed by atoms with van der Waals surface area (Å²) >= 11 is 5.63. The average Bonchev–Trinajstić information content (AvgIpc) is 2.69. The SMILES string of the molecule is Fc1cc(-c2cn(C3CNC3)nn2)ccc1Cl. The monoisotopic (exact) mass is 252 g/mol. The Labute approximate surface area is 102 Å². The molecule has 1 saturated heterocycles. The fourth-order valence-corrected chi connectivity index (χ4v) is 1.82. The minimum absolute atomic E-state index is 0.115. The van der Waals surface area contributed by atoms with Gasteiger partial charge in [-0.1, -0.05) is 22.9 Å². The van der Waals surface area contributed by atoms with E-state index in [0.29, 0.717) is 17.3 Å². The number of benzene rings is 1. The summed E-state index contributed by atoms with van der Waals surface area (Å²) in [5.74, 6) is -0.441. The predicted octanol–water partition coefficient (Wildman–Crippen LogP) is 1.88. The summed E-state index contributed by atoms with van der Waals surface area (Å²) in [5.41, 5.74) is 1.35. The first kappa shape index (κ1) is 10.7. The van der Waals surface area contributed by atoms with Crippen LogP contribution in [-0.4, -0.2) is 28.1 Å². The van der Waals surface area contributed by atoms with E-state index in [9.17, 15) is 4.39 Å². The van der Waals surface area contributed by atoms with E-state index >= 15 is 0 Å². The Morgan fingerprint density at radius 3 is 2.88 bits per heavy atom. The normalized spacial score (nSPS) is 15.9. The highest BCUT2D eigenvalue weighted by atomic mass is 35.5. The third kappa shape index (κ3) is 1.92. The molecule has 4 nitrogen and oxygen atoms in total. The van der Waals surface area contributed by atoms with Crippen molar-refractivity contribution < 1.29 is 4.39 Å². The van der Waals surface area contributed by atoms with E-state index in [-0.39, 0.29) is 5.02 Å². The lowest BCUT2D eigenvalue weighted by molar-refractivity contribution is 0.313. The van der Waals surface area contributed by atoms with Crippen LogP contribution in [0.4, 0.5) is 4.39 Å². The van der Waals surface area contributed by atoms with Crippen molar-refractivity contribution in [2.75, 3.05) is 13.1 Å². The van der Waals surface area contributed by atoms with Gasteiger partial charge in [-0.3, -0.25) is 0 Å². The molecular weight excluding hydrogens is 243 g/mol. The number of halogens is 2. The number of rotatable bonds is 2. The molecule has 0 bridgehead atoms. The van der Waals surface area contributed by atoms with E-state index in [1.165, 1.54) is 12.1 Å². The Morgan fingerprint density at radius 1 is 1.41 bits per heavy atom. The molecule has 2 heterocycles. The van der Waals surface area contributed by atoms with E-state index in [1.807, 2.05) is 6.20 Å². The molecule has 1 aromatic carbocycles. The molecule has 0 amide bonds. The quantitative estimate of drug-likeness (QED) is 0.888. The van der Waals surface area contributed by atoms with Crippen LogP contribution in [0.2, 0.25) is 5.02 Å². The summed E-state index contributed by atoms with van der Waals surface area (Å²) in [6, 6.07) is 4.98. The molecule has 0 radical (unpaired) electrons. The largest absolute Gasteiger partial charge is 0.312 e. The van der Waals surface area contributed by atoms with Crippen LogP contribution in [0.25, 0.3) is 11.3 Å². The van der Waals surface area contributed by atoms with Gasteiger partial charge in [-0.2, -0.15) is 0 Å². The summed E-state index contributed by atoms with van der Waals surface area (Å²) < 4.78 is 15.1. The number of hydrogen-bond acceptors (Lipinski definition) is 3. The Hall–Kier alpha value is -1.46. The van der Waals surface area contributed by atoms with Gasteiger partial charge in [0.15, 0.2) is 0 Å². The topological polar surface area (TPSA) is 42.7 Å². The molecule has 1 fully saturated rings. The molecule has 0 spiro atoms. The maximum Gasteiger partial charge on any atom is 0.142 e. The van der Waals surface area contributed by atoms with Crippen LogP contribution in [0, 0.1) is 5.82 Å². The first-order valence-electron chi connectivity index (χ1n) is 5.32. The highest BCUT2D eigenvalue weighted by Crippen LogP contribution is 2.23. The van der Waals surface area contributed by atoms with E-state index in [1.54, 1.807) is 10.7 Å². The first-order valence-corrected chi connectivity index (χ1v) is 5.70. The minimum atomic E-state index is -0.441. The molecule has 0 atom stereocenters. The van der Waals surface area contributed by atoms with Crippen LogP contribution in [-0.2, 0) is 0 Å². The van der Waals surface area contributed by atoms with Gasteiger partial charge in [-0.15, -0.1) is 5.10 Å². The lowest BCUT2D eigenvalue weighted by Gasteiger charge is -2.26. The van der Waals surface area contributed by atoms with Gasteiger partial charge < -0.3 is 5.32 Å². The average molecular weight is 253 g/mol. The third-order valence-corrected chi connectivity index (χ3v) is 3.17. The molecule has 6 heteroatoms. The minimum Gasteiger partial charge on any atom is -0.312 e. The Morgan fingerprint density at radius 2 is 2.24 bits per heavy atom. The van der Waals surface area contributed by atoms with Gasteiger partial charge in [0, 0.05) is 18.7 Å². The van der Waals surface area contributed by atoms with Gasteiger partial charge in [-0.05, 0) is 12.1 Å². The van der Waals surface area contributed by atoms with Crippen molar-refractivity contribution in [3.05, 3.63) is 35.2 Å². The van der Waals surface area contributed by atoms with Crippen LogP contribution in [0.3, 0.4) is 0 Å². The molecule has 17 heavy (non-hydrogen) atoms. The molecule has 3 rings (SSSR count). The molecule has 0 unspecified atom stereocenters. The molecule has 2 aromatic rings. The van der Waals surface area contributed by atoms with Gasteiger partial charge in [0.2, 0.25) is 0 Å². The van der Waals surface area contributed by atoms with Gasteiger partial charge in [0.1, 0.15) is 11.5 Å². The number of nitrogens with one attached hydrogen (secondary N) is 1. The standard InChI is InChI=1S/C11H10ClFN4/c12-9-2-1-7(3-10(9)13)11-6-17(16-15-11)8-4-14-5-8/h1-3,6,8,14H,4-5H2. The molecule has 1 aromatic heterocycles. The van der Waals surface area contributed by atoms with Crippen molar-refractivity contribution in [2.45, 2.75) is 6.04 Å². The van der Waals surface area contributed by atoms with Gasteiger partial charge >= 0.3 is 0 Å². The highest BCUT2D eigenvalue weighted by molar-refractivity contribution is 6.30. The number of nitrogens with zero attached hydrogens (tertiary/aromatic N) is 3. The zero-order chi connectivity index (χ0) is 11.8. The fraction of sp³-hybridized carbons (Fsp3) is 0.273. The van der Waals surface area contributed by atoms with E-state index < -0.39 is 5.82 Å². The molecule has 0 aliphatic carbocycles. The summed E-state index contributed by atoms with van der Waals surface area (Å²) in [6.07, 6.45) is 1.83. The molecule has 1 N–H and O–H groups in total. The molecule has 1 aliphatic heterocycles. The van der Waals surface area contributed by atoms with Crippen LogP contribution in [0.5, 0.6) is 0 Å². The Kier molecular flexibility index (Phi) is 2.57. The van der Waals surface area contributed by atoms with E-state index in [0.717, 1.165) is 13.1 Å². The Balaban J connectivity index is 1.92. The maximum absolute atomic E-state index is 13.3. The number of hydrogen-bond donors (Lipinski definition) is 1. The molecule has 1 aliphatic rings. The van der Waals surface area contributed by atoms with Crippen molar-refractivity contribution in [3.63, 3.8) is 0 Å². The fourth-order valence-electron chi connectivity index (χ4n) is 1.70. The van der Waals surface area contributed by atoms with Gasteiger partial charge in [0.25, 0.3) is 0 Å². The third-order valence-electron chi connectivity index (χ3n) is 2.86. The summed E-state index contributed by atoms with van der Waals surface area (Å²) in [4.78, 5) is 0. The second-order valence-electron chi connectivity index (χ2n) is 4.02. The van der Waals surface area contributed by atoms with Crippen LogP contribution < -0.4 is 5.32 Å². The van der Waals surface area contributed by atoms with Crippen molar-refractivity contribution in [1.29, 1.82) is 0 Å². The molecule has 88 valence electrons. The Bertz CT molecular complexity index is 550. The van der Waals surface area contributed by atoms with Crippen molar-refractivity contribution in [1.82, 2.24) is 20.3 Å². The lowest BCUT2D eigenvalue weighted by atomic mass is 10.1. The van der Waals surface area contributed by atoms with Crippen molar-refractivity contribution in [2.24, 2.45) is 0 Å². The predicted molar refractivity (Wildman–Crippen MR) is 62.3 cm³/mol. The first-order chi connectivity index (χ1) is 8.24. The van der Waals surface area contributed by atoms with Gasteiger partial charge in [0.05, 0.1) is 17.3 Å². The smallest absolute Gasteiger partial charge is 0.142 e.